The van der Waals surface area contributed by atoms with Crippen LogP contribution in [0.2, 0.25) is 0 Å². The molecule has 2 aromatic carbocycles. The highest BCUT2D eigenvalue weighted by molar-refractivity contribution is 6.16. The summed E-state index contributed by atoms with van der Waals surface area (Å²) < 4.78 is 30.2. The molecule has 1 saturated carbocycles. The molecule has 6 rings (SSSR count). The van der Waals surface area contributed by atoms with Crippen molar-refractivity contribution in [3.8, 4) is 0 Å². The molecule has 2 aromatic heterocycles. The number of halogens is 2. The van der Waals surface area contributed by atoms with Crippen LogP contribution in [0.25, 0.3) is 5.65 Å². The lowest BCUT2D eigenvalue weighted by atomic mass is 9.73. The number of hydrogen-bond acceptors (Lipinski definition) is 5. The van der Waals surface area contributed by atoms with E-state index < -0.39 is 17.2 Å². The molecule has 0 bridgehead atoms. The SMILES string of the molecule is Cc1nc2ccc(C3=NCc4ccc(C(=O)C[C@@H]5CCC[C@](O)(Cc6c(F)cccc6F)C5)cc43)cn2n1. The van der Waals surface area contributed by atoms with E-state index >= 15 is 0 Å². The average Bonchev–Trinajstić information content (AvgIpc) is 3.48. The van der Waals surface area contributed by atoms with E-state index in [1.165, 1.54) is 18.2 Å². The number of carbonyl (C=O) groups excluding carboxylic acids is 1. The second kappa shape index (κ2) is 9.51. The number of nitrogens with zero attached hydrogens (tertiary/aromatic N) is 4. The molecule has 1 fully saturated rings. The molecular weight excluding hydrogens is 486 g/mol. The molecule has 8 heteroatoms. The van der Waals surface area contributed by atoms with Gasteiger partial charge in [0.2, 0.25) is 0 Å². The van der Waals surface area contributed by atoms with Crippen LogP contribution < -0.4 is 0 Å². The number of rotatable bonds is 6. The molecular formula is C30H28F2N4O2. The maximum atomic E-state index is 14.2. The van der Waals surface area contributed by atoms with Gasteiger partial charge in [-0.15, -0.1) is 0 Å². The molecule has 2 atom stereocenters. The monoisotopic (exact) mass is 514 g/mol. The summed E-state index contributed by atoms with van der Waals surface area (Å²) in [6.07, 6.45) is 4.38. The van der Waals surface area contributed by atoms with Gasteiger partial charge in [0, 0.05) is 41.3 Å². The Balaban J connectivity index is 1.19. The number of fused-ring (bicyclic) bond motifs is 2. The van der Waals surface area contributed by atoms with Gasteiger partial charge in [-0.25, -0.2) is 18.3 Å². The summed E-state index contributed by atoms with van der Waals surface area (Å²) in [5.74, 6) is -0.670. The van der Waals surface area contributed by atoms with Crippen molar-refractivity contribution in [2.24, 2.45) is 10.9 Å². The van der Waals surface area contributed by atoms with Crippen LogP contribution in [0.4, 0.5) is 8.78 Å². The first-order valence-corrected chi connectivity index (χ1v) is 13.0. The molecule has 0 amide bonds. The number of aliphatic hydroxyl groups is 1. The molecule has 1 aliphatic carbocycles. The van der Waals surface area contributed by atoms with Crippen LogP contribution in [-0.2, 0) is 13.0 Å². The fourth-order valence-corrected chi connectivity index (χ4v) is 5.95. The van der Waals surface area contributed by atoms with Crippen molar-refractivity contribution in [3.05, 3.63) is 100 Å². The molecule has 1 N–H and O–H groups in total. The topological polar surface area (TPSA) is 79.8 Å². The van der Waals surface area contributed by atoms with E-state index in [4.69, 9.17) is 4.99 Å². The molecule has 3 heterocycles. The molecule has 0 spiro atoms. The Bertz CT molecular complexity index is 1570. The minimum atomic E-state index is -1.23. The zero-order chi connectivity index (χ0) is 26.4. The van der Waals surface area contributed by atoms with Crippen molar-refractivity contribution >= 4 is 17.1 Å². The molecule has 0 unspecified atom stereocenters. The maximum Gasteiger partial charge on any atom is 0.163 e. The summed E-state index contributed by atoms with van der Waals surface area (Å²) >= 11 is 0. The Labute approximate surface area is 219 Å². The van der Waals surface area contributed by atoms with Gasteiger partial charge in [0.05, 0.1) is 17.9 Å². The van der Waals surface area contributed by atoms with Gasteiger partial charge in [0.15, 0.2) is 11.4 Å². The molecule has 0 saturated heterocycles. The zero-order valence-electron chi connectivity index (χ0n) is 21.1. The fourth-order valence-electron chi connectivity index (χ4n) is 5.95. The first kappa shape index (κ1) is 24.6. The van der Waals surface area contributed by atoms with Crippen LogP contribution in [0.3, 0.4) is 0 Å². The summed E-state index contributed by atoms with van der Waals surface area (Å²) in [5, 5.41) is 15.6. The van der Waals surface area contributed by atoms with Crippen LogP contribution in [0, 0.1) is 24.5 Å². The van der Waals surface area contributed by atoms with E-state index in [-0.39, 0.29) is 30.1 Å². The normalized spacial score (nSPS) is 20.9. The maximum absolute atomic E-state index is 14.2. The minimum absolute atomic E-state index is 0.00674. The van der Waals surface area contributed by atoms with E-state index in [0.717, 1.165) is 34.5 Å². The van der Waals surface area contributed by atoms with Gasteiger partial charge in [0.1, 0.15) is 17.5 Å². The number of aryl methyl sites for hydroxylation is 1. The van der Waals surface area contributed by atoms with E-state index in [9.17, 15) is 18.7 Å². The second-order valence-corrected chi connectivity index (χ2v) is 10.6. The van der Waals surface area contributed by atoms with Crippen molar-refractivity contribution in [2.75, 3.05) is 0 Å². The molecule has 38 heavy (non-hydrogen) atoms. The first-order chi connectivity index (χ1) is 18.3. The van der Waals surface area contributed by atoms with Crippen molar-refractivity contribution < 1.29 is 18.7 Å². The zero-order valence-corrected chi connectivity index (χ0v) is 21.1. The van der Waals surface area contributed by atoms with Gasteiger partial charge in [-0.05, 0) is 68.0 Å². The van der Waals surface area contributed by atoms with Gasteiger partial charge in [-0.2, -0.15) is 5.10 Å². The Morgan fingerprint density at radius 2 is 1.97 bits per heavy atom. The van der Waals surface area contributed by atoms with Gasteiger partial charge in [-0.1, -0.05) is 24.6 Å². The number of aliphatic imine (C=N–C) groups is 1. The summed E-state index contributed by atoms with van der Waals surface area (Å²) in [4.78, 5) is 22.4. The van der Waals surface area contributed by atoms with Crippen LogP contribution in [-0.4, -0.2) is 36.8 Å². The van der Waals surface area contributed by atoms with Crippen molar-refractivity contribution in [3.63, 3.8) is 0 Å². The van der Waals surface area contributed by atoms with Crippen LogP contribution >= 0.6 is 0 Å². The molecule has 2 aliphatic rings. The quantitative estimate of drug-likeness (QED) is 0.349. The lowest BCUT2D eigenvalue weighted by Gasteiger charge is -2.37. The number of ketones is 1. The van der Waals surface area contributed by atoms with Crippen molar-refractivity contribution in [1.82, 2.24) is 14.6 Å². The molecule has 6 nitrogen and oxygen atoms in total. The van der Waals surface area contributed by atoms with E-state index in [2.05, 4.69) is 10.1 Å². The highest BCUT2D eigenvalue weighted by Gasteiger charge is 2.36. The molecule has 4 aromatic rings. The Morgan fingerprint density at radius 3 is 2.79 bits per heavy atom. The average molecular weight is 515 g/mol. The number of Topliss-reactive ketones (excluding diaryl/α,β-unsaturated/α-hetero) is 1. The Kier molecular flexibility index (Phi) is 6.14. The summed E-state index contributed by atoms with van der Waals surface area (Å²) in [6, 6.07) is 13.3. The minimum Gasteiger partial charge on any atom is -0.390 e. The predicted molar refractivity (Wildman–Crippen MR) is 139 cm³/mol. The second-order valence-electron chi connectivity index (χ2n) is 10.6. The fraction of sp³-hybridized carbons (Fsp3) is 0.333. The number of carbonyl (C=O) groups is 1. The summed E-state index contributed by atoms with van der Waals surface area (Å²) in [5.41, 5.74) is 3.76. The number of aromatic nitrogens is 3. The largest absolute Gasteiger partial charge is 0.390 e. The van der Waals surface area contributed by atoms with Crippen LogP contribution in [0.5, 0.6) is 0 Å². The highest BCUT2D eigenvalue weighted by Crippen LogP contribution is 2.38. The lowest BCUT2D eigenvalue weighted by Crippen LogP contribution is -2.38. The Morgan fingerprint density at radius 1 is 1.16 bits per heavy atom. The molecule has 194 valence electrons. The van der Waals surface area contributed by atoms with E-state index in [1.807, 2.05) is 43.5 Å². The smallest absolute Gasteiger partial charge is 0.163 e. The number of benzene rings is 2. The van der Waals surface area contributed by atoms with Crippen LogP contribution in [0.1, 0.15) is 70.5 Å². The van der Waals surface area contributed by atoms with Gasteiger partial charge < -0.3 is 5.11 Å². The van der Waals surface area contributed by atoms with Gasteiger partial charge >= 0.3 is 0 Å². The van der Waals surface area contributed by atoms with E-state index in [1.54, 1.807) is 4.52 Å². The third-order valence-corrected chi connectivity index (χ3v) is 7.77. The summed E-state index contributed by atoms with van der Waals surface area (Å²) in [7, 11) is 0. The van der Waals surface area contributed by atoms with Gasteiger partial charge in [-0.3, -0.25) is 9.79 Å². The van der Waals surface area contributed by atoms with Crippen molar-refractivity contribution in [2.45, 2.75) is 57.6 Å². The van der Waals surface area contributed by atoms with Crippen molar-refractivity contribution in [1.29, 1.82) is 0 Å². The summed E-state index contributed by atoms with van der Waals surface area (Å²) in [6.45, 7) is 2.40. The van der Waals surface area contributed by atoms with E-state index in [0.29, 0.717) is 37.2 Å². The number of pyridine rings is 1. The lowest BCUT2D eigenvalue weighted by molar-refractivity contribution is -0.0171. The third kappa shape index (κ3) is 4.65. The molecule has 1 aliphatic heterocycles. The Hall–Kier alpha value is -3.78. The van der Waals surface area contributed by atoms with Crippen LogP contribution in [0.15, 0.2) is 59.7 Å². The first-order valence-electron chi connectivity index (χ1n) is 13.0. The number of hydrogen-bond donors (Lipinski definition) is 1. The molecule has 0 radical (unpaired) electrons. The predicted octanol–water partition coefficient (Wildman–Crippen LogP) is 5.40. The third-order valence-electron chi connectivity index (χ3n) is 7.77. The highest BCUT2D eigenvalue weighted by atomic mass is 19.1. The standard InChI is InChI=1S/C30H28F2N4O2/c1-18-34-28-10-9-22(17-36(28)35-18)29-23-13-20(7-8-21(23)16-33-29)27(37)12-19-4-3-11-30(38,14-19)15-24-25(31)5-2-6-26(24)32/h2,5-10,13,17,19,38H,3-4,11-12,14-16H2,1H3/t19-,30+/m0/s1. The van der Waals surface area contributed by atoms with Gasteiger partial charge in [0.25, 0.3) is 0 Å².